The van der Waals surface area contributed by atoms with Crippen LogP contribution in [0.5, 0.6) is 0 Å². The average Bonchev–Trinajstić information content (AvgIpc) is 2.94. The number of nitrogens with one attached hydrogen (secondary N) is 1. The van der Waals surface area contributed by atoms with E-state index in [1.165, 1.54) is 6.07 Å². The summed E-state index contributed by atoms with van der Waals surface area (Å²) in [6.45, 7) is 6.53. The Kier molecular flexibility index (Phi) is 5.03. The van der Waals surface area contributed by atoms with Gasteiger partial charge in [-0.15, -0.1) is 11.3 Å². The molecule has 5 nitrogen and oxygen atoms in total. The van der Waals surface area contributed by atoms with Crippen molar-refractivity contribution in [1.82, 2.24) is 10.3 Å². The van der Waals surface area contributed by atoms with E-state index in [0.29, 0.717) is 6.54 Å². The second-order valence-electron chi connectivity index (χ2n) is 4.94. The van der Waals surface area contributed by atoms with Gasteiger partial charge in [0.2, 0.25) is 0 Å². The van der Waals surface area contributed by atoms with Gasteiger partial charge in [-0.2, -0.15) is 0 Å². The third-order valence-corrected chi connectivity index (χ3v) is 4.54. The fourth-order valence-electron chi connectivity index (χ4n) is 2.11. The van der Waals surface area contributed by atoms with Crippen LogP contribution < -0.4 is 5.32 Å². The summed E-state index contributed by atoms with van der Waals surface area (Å²) in [7, 11) is 0. The second kappa shape index (κ2) is 6.78. The predicted molar refractivity (Wildman–Crippen MR) is 84.6 cm³/mol. The molecule has 0 saturated carbocycles. The lowest BCUT2D eigenvalue weighted by Crippen LogP contribution is -2.19. The maximum absolute atomic E-state index is 10.9. The van der Waals surface area contributed by atoms with E-state index in [4.69, 9.17) is 0 Å². The van der Waals surface area contributed by atoms with Gasteiger partial charge in [0, 0.05) is 29.6 Å². The first-order valence-corrected chi connectivity index (χ1v) is 7.81. The Hall–Kier alpha value is -1.79. The van der Waals surface area contributed by atoms with Gasteiger partial charge < -0.3 is 5.32 Å². The third kappa shape index (κ3) is 3.65. The zero-order valence-corrected chi connectivity index (χ0v) is 13.2. The van der Waals surface area contributed by atoms with Crippen LogP contribution in [0.3, 0.4) is 0 Å². The van der Waals surface area contributed by atoms with Crippen molar-refractivity contribution in [2.75, 3.05) is 0 Å². The smallest absolute Gasteiger partial charge is 0.272 e. The number of aromatic nitrogens is 1. The molecular weight excluding hydrogens is 286 g/mol. The van der Waals surface area contributed by atoms with Gasteiger partial charge in [-0.05, 0) is 25.8 Å². The molecule has 0 bridgehead atoms. The summed E-state index contributed by atoms with van der Waals surface area (Å²) >= 11 is 1.67. The van der Waals surface area contributed by atoms with Gasteiger partial charge in [0.15, 0.2) is 0 Å². The van der Waals surface area contributed by atoms with E-state index in [1.807, 2.05) is 6.07 Å². The number of rotatable bonds is 6. The highest BCUT2D eigenvalue weighted by Gasteiger charge is 2.14. The van der Waals surface area contributed by atoms with E-state index in [0.717, 1.165) is 28.2 Å². The Labute approximate surface area is 128 Å². The molecule has 1 heterocycles. The quantitative estimate of drug-likeness (QED) is 0.651. The molecule has 112 valence electrons. The highest BCUT2D eigenvalue weighted by Crippen LogP contribution is 2.22. The van der Waals surface area contributed by atoms with Crippen molar-refractivity contribution in [3.8, 4) is 0 Å². The number of nitro benzene ring substituents is 1. The summed E-state index contributed by atoms with van der Waals surface area (Å²) in [6.07, 6.45) is 0.946. The Morgan fingerprint density at radius 1 is 1.48 bits per heavy atom. The second-order valence-corrected chi connectivity index (χ2v) is 5.88. The van der Waals surface area contributed by atoms with Gasteiger partial charge in [-0.1, -0.05) is 19.1 Å². The van der Waals surface area contributed by atoms with Crippen molar-refractivity contribution < 1.29 is 4.92 Å². The van der Waals surface area contributed by atoms with Crippen LogP contribution in [0.25, 0.3) is 0 Å². The molecule has 1 N–H and O–H groups in total. The third-order valence-electron chi connectivity index (χ3n) is 3.53. The van der Waals surface area contributed by atoms with Gasteiger partial charge in [0.05, 0.1) is 15.6 Å². The Balaban J connectivity index is 2.06. The number of hydrogen-bond donors (Lipinski definition) is 1. The summed E-state index contributed by atoms with van der Waals surface area (Å²) in [4.78, 5) is 15.2. The first-order chi connectivity index (χ1) is 10.0. The van der Waals surface area contributed by atoms with Crippen LogP contribution in [-0.2, 0) is 13.0 Å². The SMILES string of the molecule is CCc1nc([C@@H](C)NCc2cccc([N+](=O)[O-])c2C)cs1. The summed E-state index contributed by atoms with van der Waals surface area (Å²) in [5.74, 6) is 0. The summed E-state index contributed by atoms with van der Waals surface area (Å²) < 4.78 is 0. The first-order valence-electron chi connectivity index (χ1n) is 6.93. The minimum Gasteiger partial charge on any atom is -0.305 e. The zero-order chi connectivity index (χ0) is 15.4. The molecule has 0 aliphatic carbocycles. The lowest BCUT2D eigenvalue weighted by atomic mass is 10.1. The molecule has 0 spiro atoms. The number of thiazole rings is 1. The van der Waals surface area contributed by atoms with Crippen LogP contribution in [0.15, 0.2) is 23.6 Å². The van der Waals surface area contributed by atoms with Gasteiger partial charge in [0.1, 0.15) is 0 Å². The highest BCUT2D eigenvalue weighted by atomic mass is 32.1. The van der Waals surface area contributed by atoms with Crippen molar-refractivity contribution in [3.63, 3.8) is 0 Å². The van der Waals surface area contributed by atoms with E-state index in [9.17, 15) is 10.1 Å². The van der Waals surface area contributed by atoms with Gasteiger partial charge in [-0.25, -0.2) is 4.98 Å². The normalized spacial score (nSPS) is 12.3. The van der Waals surface area contributed by atoms with Crippen molar-refractivity contribution in [2.45, 2.75) is 39.8 Å². The van der Waals surface area contributed by atoms with E-state index < -0.39 is 0 Å². The molecule has 1 aromatic heterocycles. The highest BCUT2D eigenvalue weighted by molar-refractivity contribution is 7.09. The van der Waals surface area contributed by atoms with Crippen LogP contribution in [0, 0.1) is 17.0 Å². The number of nitrogens with zero attached hydrogens (tertiary/aromatic N) is 2. The average molecular weight is 305 g/mol. The number of benzene rings is 1. The molecule has 0 amide bonds. The van der Waals surface area contributed by atoms with E-state index in [2.05, 4.69) is 29.5 Å². The topological polar surface area (TPSA) is 68.1 Å². The molecule has 6 heteroatoms. The Morgan fingerprint density at radius 2 is 2.24 bits per heavy atom. The molecule has 1 atom stereocenters. The van der Waals surface area contributed by atoms with Crippen molar-refractivity contribution in [3.05, 3.63) is 55.5 Å². The number of aryl methyl sites for hydroxylation is 1. The van der Waals surface area contributed by atoms with Crippen LogP contribution in [0.4, 0.5) is 5.69 Å². The minimum absolute atomic E-state index is 0.125. The van der Waals surface area contributed by atoms with Gasteiger partial charge in [-0.3, -0.25) is 10.1 Å². The minimum atomic E-state index is -0.337. The Bertz CT molecular complexity index is 640. The van der Waals surface area contributed by atoms with Gasteiger partial charge in [0.25, 0.3) is 5.69 Å². The fourth-order valence-corrected chi connectivity index (χ4v) is 2.95. The molecule has 0 aliphatic heterocycles. The van der Waals surface area contributed by atoms with Gasteiger partial charge >= 0.3 is 0 Å². The number of hydrogen-bond acceptors (Lipinski definition) is 5. The summed E-state index contributed by atoms with van der Waals surface area (Å²) in [6, 6.07) is 5.31. The predicted octanol–water partition coefficient (Wildman–Crippen LogP) is 3.77. The Morgan fingerprint density at radius 3 is 2.86 bits per heavy atom. The molecule has 0 saturated heterocycles. The molecule has 0 unspecified atom stereocenters. The standard InChI is InChI=1S/C15H19N3O2S/c1-4-15-17-13(9-21-15)11(3)16-8-12-6-5-7-14(10(12)2)18(19)20/h5-7,9,11,16H,4,8H2,1-3H3/t11-/m1/s1. The molecule has 0 radical (unpaired) electrons. The molecule has 0 fully saturated rings. The molecule has 0 aliphatic rings. The maximum Gasteiger partial charge on any atom is 0.272 e. The van der Waals surface area contributed by atoms with Crippen molar-refractivity contribution >= 4 is 17.0 Å². The maximum atomic E-state index is 10.9. The van der Waals surface area contributed by atoms with Crippen LogP contribution in [0.2, 0.25) is 0 Å². The number of nitro groups is 1. The van der Waals surface area contributed by atoms with Crippen molar-refractivity contribution in [1.29, 1.82) is 0 Å². The van der Waals surface area contributed by atoms with E-state index in [-0.39, 0.29) is 16.7 Å². The first kappa shape index (κ1) is 15.6. The van der Waals surface area contributed by atoms with Crippen LogP contribution in [-0.4, -0.2) is 9.91 Å². The molecule has 2 rings (SSSR count). The monoisotopic (exact) mass is 305 g/mol. The van der Waals surface area contributed by atoms with Crippen LogP contribution >= 0.6 is 11.3 Å². The molecule has 21 heavy (non-hydrogen) atoms. The molecule has 2 aromatic rings. The van der Waals surface area contributed by atoms with E-state index >= 15 is 0 Å². The summed E-state index contributed by atoms with van der Waals surface area (Å²) in [5, 5.41) is 17.5. The fraction of sp³-hybridized carbons (Fsp3) is 0.400. The van der Waals surface area contributed by atoms with Crippen LogP contribution in [0.1, 0.15) is 41.7 Å². The largest absolute Gasteiger partial charge is 0.305 e. The molecule has 1 aromatic carbocycles. The molecular formula is C15H19N3O2S. The lowest BCUT2D eigenvalue weighted by Gasteiger charge is -2.13. The van der Waals surface area contributed by atoms with E-state index in [1.54, 1.807) is 24.3 Å². The lowest BCUT2D eigenvalue weighted by molar-refractivity contribution is -0.385. The summed E-state index contributed by atoms with van der Waals surface area (Å²) in [5.41, 5.74) is 2.86. The zero-order valence-electron chi connectivity index (χ0n) is 12.4. The van der Waals surface area contributed by atoms with Crippen molar-refractivity contribution in [2.24, 2.45) is 0 Å².